The number of hydrogen-bond acceptors (Lipinski definition) is 1. The molecule has 0 saturated carbocycles. The van der Waals surface area contributed by atoms with E-state index >= 15 is 0 Å². The quantitative estimate of drug-likeness (QED) is 0.787. The van der Waals surface area contributed by atoms with Crippen LogP contribution in [0.5, 0.6) is 0 Å². The zero-order valence-corrected chi connectivity index (χ0v) is 12.9. The molecule has 0 aliphatic rings. The van der Waals surface area contributed by atoms with Gasteiger partial charge in [0, 0.05) is 17.1 Å². The number of rotatable bonds is 6. The van der Waals surface area contributed by atoms with Crippen LogP contribution in [0.25, 0.3) is 0 Å². The molecular formula is C18H22ClN. The van der Waals surface area contributed by atoms with Crippen LogP contribution in [0.3, 0.4) is 0 Å². The van der Waals surface area contributed by atoms with Crippen LogP contribution >= 0.6 is 11.6 Å². The van der Waals surface area contributed by atoms with Crippen LogP contribution in [0.1, 0.15) is 37.4 Å². The van der Waals surface area contributed by atoms with Crippen LogP contribution in [0.15, 0.2) is 54.6 Å². The van der Waals surface area contributed by atoms with Gasteiger partial charge in [0.15, 0.2) is 0 Å². The lowest BCUT2D eigenvalue weighted by Crippen LogP contribution is -2.31. The third-order valence-electron chi connectivity index (χ3n) is 3.53. The van der Waals surface area contributed by atoms with E-state index < -0.39 is 0 Å². The highest BCUT2D eigenvalue weighted by Crippen LogP contribution is 2.21. The molecular weight excluding hydrogens is 266 g/mol. The number of halogens is 1. The normalized spacial score (nSPS) is 13.9. The molecule has 2 rings (SSSR count). The van der Waals surface area contributed by atoms with Crippen molar-refractivity contribution in [1.82, 2.24) is 5.32 Å². The zero-order chi connectivity index (χ0) is 14.4. The van der Waals surface area contributed by atoms with Crippen molar-refractivity contribution in [2.24, 2.45) is 0 Å². The Bertz CT molecular complexity index is 524. The summed E-state index contributed by atoms with van der Waals surface area (Å²) in [6, 6.07) is 19.5. The summed E-state index contributed by atoms with van der Waals surface area (Å²) in [5, 5.41) is 4.50. The molecule has 0 spiro atoms. The molecule has 2 aromatic carbocycles. The van der Waals surface area contributed by atoms with Gasteiger partial charge >= 0.3 is 0 Å². The predicted octanol–water partition coefficient (Wildman–Crippen LogP) is 5.01. The Balaban J connectivity index is 1.99. The third-order valence-corrected chi connectivity index (χ3v) is 3.76. The van der Waals surface area contributed by atoms with Crippen LogP contribution in [0, 0.1) is 0 Å². The van der Waals surface area contributed by atoms with Gasteiger partial charge in [-0.25, -0.2) is 0 Å². The molecule has 0 aliphatic heterocycles. The Kier molecular flexibility index (Phi) is 5.63. The Morgan fingerprint density at radius 1 is 1.05 bits per heavy atom. The van der Waals surface area contributed by atoms with E-state index in [2.05, 4.69) is 61.6 Å². The molecule has 0 heterocycles. The van der Waals surface area contributed by atoms with Gasteiger partial charge in [0.1, 0.15) is 0 Å². The Hall–Kier alpha value is -1.31. The largest absolute Gasteiger partial charge is 0.307 e. The molecule has 20 heavy (non-hydrogen) atoms. The molecule has 0 saturated heterocycles. The fourth-order valence-corrected chi connectivity index (χ4v) is 2.74. The highest BCUT2D eigenvalue weighted by atomic mass is 35.5. The minimum atomic E-state index is 0.354. The first kappa shape index (κ1) is 15.1. The highest BCUT2D eigenvalue weighted by Gasteiger charge is 2.13. The van der Waals surface area contributed by atoms with Crippen LogP contribution in [0.2, 0.25) is 5.02 Å². The van der Waals surface area contributed by atoms with Gasteiger partial charge in [-0.2, -0.15) is 0 Å². The third kappa shape index (κ3) is 4.36. The maximum absolute atomic E-state index is 6.08. The monoisotopic (exact) mass is 287 g/mol. The van der Waals surface area contributed by atoms with Crippen LogP contribution in [-0.4, -0.2) is 6.04 Å². The maximum Gasteiger partial charge on any atom is 0.0409 e. The van der Waals surface area contributed by atoms with Crippen molar-refractivity contribution in [3.05, 3.63) is 70.7 Å². The van der Waals surface area contributed by atoms with E-state index in [9.17, 15) is 0 Å². The molecule has 2 atom stereocenters. The minimum Gasteiger partial charge on any atom is -0.307 e. The Morgan fingerprint density at radius 3 is 2.45 bits per heavy atom. The van der Waals surface area contributed by atoms with Crippen molar-refractivity contribution < 1.29 is 0 Å². The van der Waals surface area contributed by atoms with Crippen LogP contribution < -0.4 is 5.32 Å². The van der Waals surface area contributed by atoms with Crippen molar-refractivity contribution in [1.29, 1.82) is 0 Å². The molecule has 0 aliphatic carbocycles. The van der Waals surface area contributed by atoms with Gasteiger partial charge in [0.25, 0.3) is 0 Å². The number of nitrogens with one attached hydrogen (secondary N) is 1. The van der Waals surface area contributed by atoms with Crippen molar-refractivity contribution >= 4 is 11.6 Å². The van der Waals surface area contributed by atoms with Crippen LogP contribution in [-0.2, 0) is 6.42 Å². The van der Waals surface area contributed by atoms with Crippen molar-refractivity contribution in [2.45, 2.75) is 38.8 Å². The van der Waals surface area contributed by atoms with E-state index in [-0.39, 0.29) is 0 Å². The molecule has 2 heteroatoms. The summed E-state index contributed by atoms with van der Waals surface area (Å²) in [5.74, 6) is 0. The van der Waals surface area contributed by atoms with E-state index in [4.69, 9.17) is 11.6 Å². The summed E-state index contributed by atoms with van der Waals surface area (Å²) < 4.78 is 0. The summed E-state index contributed by atoms with van der Waals surface area (Å²) in [6.45, 7) is 4.44. The molecule has 0 bridgehead atoms. The first-order chi connectivity index (χ1) is 9.69. The van der Waals surface area contributed by atoms with Gasteiger partial charge in [0.2, 0.25) is 0 Å². The molecule has 1 nitrogen and oxygen atoms in total. The smallest absolute Gasteiger partial charge is 0.0409 e. The second-order valence-corrected chi connectivity index (χ2v) is 5.71. The SMILES string of the molecule is CCC(NC(C)Cc1ccccc1)c1cccc(Cl)c1. The standard InChI is InChI=1S/C18H22ClN/c1-3-18(16-10-7-11-17(19)13-16)20-14(2)12-15-8-5-4-6-9-15/h4-11,13-14,18,20H,3,12H2,1-2H3. The molecule has 1 N–H and O–H groups in total. The summed E-state index contributed by atoms with van der Waals surface area (Å²) in [4.78, 5) is 0. The predicted molar refractivity (Wildman–Crippen MR) is 87.2 cm³/mol. The molecule has 2 unspecified atom stereocenters. The van der Waals surface area contributed by atoms with E-state index in [0.717, 1.165) is 17.9 Å². The summed E-state index contributed by atoms with van der Waals surface area (Å²) in [7, 11) is 0. The molecule has 106 valence electrons. The lowest BCUT2D eigenvalue weighted by Gasteiger charge is -2.23. The van der Waals surface area contributed by atoms with Crippen molar-refractivity contribution in [3.8, 4) is 0 Å². The van der Waals surface area contributed by atoms with E-state index in [1.165, 1.54) is 11.1 Å². The maximum atomic E-state index is 6.08. The van der Waals surface area contributed by atoms with E-state index in [0.29, 0.717) is 12.1 Å². The average molecular weight is 288 g/mol. The molecule has 0 radical (unpaired) electrons. The molecule has 0 fully saturated rings. The average Bonchev–Trinajstić information content (AvgIpc) is 2.46. The fraction of sp³-hybridized carbons (Fsp3) is 0.333. The minimum absolute atomic E-state index is 0.354. The topological polar surface area (TPSA) is 12.0 Å². The first-order valence-corrected chi connectivity index (χ1v) is 7.62. The van der Waals surface area contributed by atoms with Gasteiger partial charge in [-0.05, 0) is 43.0 Å². The van der Waals surface area contributed by atoms with E-state index in [1.54, 1.807) is 0 Å². The van der Waals surface area contributed by atoms with Gasteiger partial charge in [-0.1, -0.05) is 61.0 Å². The number of hydrogen-bond donors (Lipinski definition) is 1. The van der Waals surface area contributed by atoms with E-state index in [1.807, 2.05) is 12.1 Å². The number of benzene rings is 2. The Morgan fingerprint density at radius 2 is 1.80 bits per heavy atom. The molecule has 0 amide bonds. The summed E-state index contributed by atoms with van der Waals surface area (Å²) >= 11 is 6.08. The zero-order valence-electron chi connectivity index (χ0n) is 12.1. The first-order valence-electron chi connectivity index (χ1n) is 7.24. The second kappa shape index (κ2) is 7.47. The van der Waals surface area contributed by atoms with Crippen molar-refractivity contribution in [2.75, 3.05) is 0 Å². The van der Waals surface area contributed by atoms with Gasteiger partial charge < -0.3 is 5.32 Å². The molecule has 0 aromatic heterocycles. The summed E-state index contributed by atoms with van der Waals surface area (Å²) in [5.41, 5.74) is 2.63. The van der Waals surface area contributed by atoms with Gasteiger partial charge in [-0.3, -0.25) is 0 Å². The second-order valence-electron chi connectivity index (χ2n) is 5.27. The van der Waals surface area contributed by atoms with Crippen molar-refractivity contribution in [3.63, 3.8) is 0 Å². The fourth-order valence-electron chi connectivity index (χ4n) is 2.54. The lowest BCUT2D eigenvalue weighted by molar-refractivity contribution is 0.443. The van der Waals surface area contributed by atoms with Gasteiger partial charge in [0.05, 0.1) is 0 Å². The summed E-state index contributed by atoms with van der Waals surface area (Å²) in [6.07, 6.45) is 2.09. The lowest BCUT2D eigenvalue weighted by atomic mass is 10.0. The van der Waals surface area contributed by atoms with Crippen LogP contribution in [0.4, 0.5) is 0 Å². The molecule has 2 aromatic rings. The van der Waals surface area contributed by atoms with Gasteiger partial charge in [-0.15, -0.1) is 0 Å². The highest BCUT2D eigenvalue weighted by molar-refractivity contribution is 6.30. The Labute approximate surface area is 127 Å².